The molecule has 0 aromatic heterocycles. The molecule has 1 aromatic carbocycles. The van der Waals surface area contributed by atoms with Gasteiger partial charge in [-0.2, -0.15) is 13.2 Å². The highest BCUT2D eigenvalue weighted by molar-refractivity contribution is 6.13. The van der Waals surface area contributed by atoms with Crippen LogP contribution in [-0.2, 0) is 4.79 Å². The molecule has 0 radical (unpaired) electrons. The zero-order valence-corrected chi connectivity index (χ0v) is 15.8. The van der Waals surface area contributed by atoms with E-state index in [4.69, 9.17) is 11.8 Å². The van der Waals surface area contributed by atoms with Crippen molar-refractivity contribution in [3.05, 3.63) is 35.9 Å². The lowest BCUT2D eigenvalue weighted by Crippen LogP contribution is -2.47. The number of benzene rings is 1. The summed E-state index contributed by atoms with van der Waals surface area (Å²) >= 11 is 5.47. The Labute approximate surface area is 162 Å². The van der Waals surface area contributed by atoms with Crippen molar-refractivity contribution >= 4 is 17.7 Å². The van der Waals surface area contributed by atoms with Crippen LogP contribution in [0.15, 0.2) is 30.3 Å². The first-order valence-corrected chi connectivity index (χ1v) is 9.76. The number of piperidine rings is 1. The van der Waals surface area contributed by atoms with Crippen molar-refractivity contribution in [3.63, 3.8) is 0 Å². The molecule has 1 heterocycles. The molecule has 4 nitrogen and oxygen atoms in total. The minimum absolute atomic E-state index is 0.00684. The van der Waals surface area contributed by atoms with Crippen LogP contribution in [0.25, 0.3) is 0 Å². The number of amides is 1. The fourth-order valence-electron chi connectivity index (χ4n) is 3.99. The van der Waals surface area contributed by atoms with E-state index in [2.05, 4.69) is 9.74 Å². The Morgan fingerprint density at radius 2 is 1.89 bits per heavy atom. The average molecular weight is 404 g/mol. The van der Waals surface area contributed by atoms with Gasteiger partial charge in [0.15, 0.2) is 0 Å². The summed E-state index contributed by atoms with van der Waals surface area (Å²) < 4.78 is 39.5. The lowest BCUT2D eigenvalue weighted by Gasteiger charge is -2.35. The Morgan fingerprint density at radius 3 is 2.48 bits per heavy atom. The van der Waals surface area contributed by atoms with E-state index >= 15 is 0 Å². The number of halogens is 4. The van der Waals surface area contributed by atoms with Crippen molar-refractivity contribution in [3.8, 4) is 0 Å². The van der Waals surface area contributed by atoms with Crippen molar-refractivity contribution in [2.24, 2.45) is 5.92 Å². The maximum atomic E-state index is 13.2. The van der Waals surface area contributed by atoms with Gasteiger partial charge in [0.1, 0.15) is 0 Å². The molecule has 27 heavy (non-hydrogen) atoms. The Kier molecular flexibility index (Phi) is 6.65. The van der Waals surface area contributed by atoms with Gasteiger partial charge in [0, 0.05) is 31.6 Å². The van der Waals surface area contributed by atoms with Gasteiger partial charge in [-0.05, 0) is 55.6 Å². The largest absolute Gasteiger partial charge is 0.471 e. The SMILES string of the molecule is O=C(N(CC1CCN(CCNCl)CC1)C1CC1c1ccccc1)C(F)(F)F. The molecule has 1 aliphatic carbocycles. The Bertz CT molecular complexity index is 620. The third-order valence-electron chi connectivity index (χ3n) is 5.57. The standard InChI is InChI=1S/C19H25ClF3N3O/c20-24-8-11-25-9-6-14(7-10-25)13-26(18(27)19(21,22)23)17-12-16(17)15-4-2-1-3-5-15/h1-5,14,16-17,24H,6-13H2. The van der Waals surface area contributed by atoms with Gasteiger partial charge in [0.25, 0.3) is 0 Å². The van der Waals surface area contributed by atoms with E-state index in [0.29, 0.717) is 13.0 Å². The molecule has 1 aromatic rings. The Hall–Kier alpha value is -1.31. The van der Waals surface area contributed by atoms with E-state index < -0.39 is 12.1 Å². The fourth-order valence-corrected chi connectivity index (χ4v) is 4.07. The summed E-state index contributed by atoms with van der Waals surface area (Å²) in [5.74, 6) is -1.58. The smallest absolute Gasteiger partial charge is 0.331 e. The fraction of sp³-hybridized carbons (Fsp3) is 0.632. The molecule has 1 saturated heterocycles. The summed E-state index contributed by atoms with van der Waals surface area (Å²) in [5, 5.41) is 0. The first kappa shape index (κ1) is 20.4. The maximum absolute atomic E-state index is 13.2. The van der Waals surface area contributed by atoms with Crippen LogP contribution in [0.4, 0.5) is 13.2 Å². The summed E-state index contributed by atoms with van der Waals surface area (Å²) in [6, 6.07) is 9.14. The van der Waals surface area contributed by atoms with Crippen LogP contribution in [0, 0.1) is 5.92 Å². The third kappa shape index (κ3) is 5.36. The van der Waals surface area contributed by atoms with Gasteiger partial charge in [-0.25, -0.2) is 4.84 Å². The van der Waals surface area contributed by atoms with E-state index in [9.17, 15) is 18.0 Å². The molecule has 1 N–H and O–H groups in total. The molecular weight excluding hydrogens is 379 g/mol. The number of rotatable bonds is 7. The predicted molar refractivity (Wildman–Crippen MR) is 98.4 cm³/mol. The van der Waals surface area contributed by atoms with E-state index in [0.717, 1.165) is 42.9 Å². The van der Waals surface area contributed by atoms with E-state index in [1.165, 1.54) is 0 Å². The van der Waals surface area contributed by atoms with Gasteiger partial charge >= 0.3 is 12.1 Å². The number of nitrogens with one attached hydrogen (secondary N) is 1. The van der Waals surface area contributed by atoms with E-state index in [1.807, 2.05) is 30.3 Å². The molecule has 2 unspecified atom stereocenters. The number of alkyl halides is 3. The normalized spacial score (nSPS) is 24.0. The molecule has 2 aliphatic rings. The van der Waals surface area contributed by atoms with Gasteiger partial charge < -0.3 is 9.80 Å². The molecule has 2 atom stereocenters. The molecule has 0 spiro atoms. The summed E-state index contributed by atoms with van der Waals surface area (Å²) in [4.78, 5) is 18.0. The molecule has 150 valence electrons. The lowest BCUT2D eigenvalue weighted by molar-refractivity contribution is -0.187. The number of hydrogen-bond acceptors (Lipinski definition) is 3. The van der Waals surface area contributed by atoms with Gasteiger partial charge in [0.2, 0.25) is 0 Å². The molecular formula is C19H25ClF3N3O. The summed E-state index contributed by atoms with van der Waals surface area (Å²) in [6.07, 6.45) is -2.62. The van der Waals surface area contributed by atoms with Crippen LogP contribution in [0.3, 0.4) is 0 Å². The van der Waals surface area contributed by atoms with E-state index in [-0.39, 0.29) is 24.4 Å². The van der Waals surface area contributed by atoms with Crippen molar-refractivity contribution in [2.45, 2.75) is 37.4 Å². The number of likely N-dealkylation sites (tertiary alicyclic amines) is 1. The second-order valence-electron chi connectivity index (χ2n) is 7.44. The minimum atomic E-state index is -4.82. The Morgan fingerprint density at radius 1 is 1.22 bits per heavy atom. The molecule has 2 fully saturated rings. The molecule has 1 amide bonds. The first-order valence-electron chi connectivity index (χ1n) is 9.38. The lowest BCUT2D eigenvalue weighted by atomic mass is 9.96. The highest BCUT2D eigenvalue weighted by Crippen LogP contribution is 2.46. The van der Waals surface area contributed by atoms with Crippen LogP contribution in [-0.4, -0.2) is 60.6 Å². The van der Waals surface area contributed by atoms with Gasteiger partial charge in [0.05, 0.1) is 0 Å². The van der Waals surface area contributed by atoms with Crippen molar-refractivity contribution in [1.82, 2.24) is 14.6 Å². The predicted octanol–water partition coefficient (Wildman–Crippen LogP) is 3.39. The third-order valence-corrected chi connectivity index (χ3v) is 5.76. The second kappa shape index (κ2) is 8.80. The summed E-state index contributed by atoms with van der Waals surface area (Å²) in [7, 11) is 0. The van der Waals surface area contributed by atoms with Crippen molar-refractivity contribution < 1.29 is 18.0 Å². The quantitative estimate of drug-likeness (QED) is 0.709. The summed E-state index contributed by atoms with van der Waals surface area (Å²) in [5.41, 5.74) is 1.01. The Balaban J connectivity index is 1.62. The van der Waals surface area contributed by atoms with Crippen LogP contribution in [0.1, 0.15) is 30.7 Å². The molecule has 8 heteroatoms. The highest BCUT2D eigenvalue weighted by Gasteiger charge is 2.52. The van der Waals surface area contributed by atoms with Crippen LogP contribution >= 0.6 is 11.8 Å². The van der Waals surface area contributed by atoms with Crippen LogP contribution in [0.2, 0.25) is 0 Å². The topological polar surface area (TPSA) is 35.6 Å². The molecule has 1 saturated carbocycles. The maximum Gasteiger partial charge on any atom is 0.471 e. The van der Waals surface area contributed by atoms with Crippen LogP contribution in [0.5, 0.6) is 0 Å². The number of nitrogens with zero attached hydrogens (tertiary/aromatic N) is 2. The summed E-state index contributed by atoms with van der Waals surface area (Å²) in [6.45, 7) is 3.33. The molecule has 0 bridgehead atoms. The number of hydrogen-bond donors (Lipinski definition) is 1. The highest BCUT2D eigenvalue weighted by atomic mass is 35.5. The van der Waals surface area contributed by atoms with Gasteiger partial charge in [-0.1, -0.05) is 30.3 Å². The van der Waals surface area contributed by atoms with Gasteiger partial charge in [-0.3, -0.25) is 4.79 Å². The zero-order valence-electron chi connectivity index (χ0n) is 15.1. The number of carbonyl (C=O) groups excluding carboxylic acids is 1. The van der Waals surface area contributed by atoms with Crippen molar-refractivity contribution in [1.29, 1.82) is 0 Å². The molecule has 1 aliphatic heterocycles. The first-order chi connectivity index (χ1) is 12.9. The molecule has 3 rings (SSSR count). The minimum Gasteiger partial charge on any atom is -0.331 e. The average Bonchev–Trinajstić information content (AvgIpc) is 3.45. The van der Waals surface area contributed by atoms with Gasteiger partial charge in [-0.15, -0.1) is 0 Å². The van der Waals surface area contributed by atoms with E-state index in [1.54, 1.807) is 0 Å². The number of carbonyl (C=O) groups is 1. The zero-order chi connectivity index (χ0) is 19.4. The monoisotopic (exact) mass is 403 g/mol. The second-order valence-corrected chi connectivity index (χ2v) is 7.71. The van der Waals surface area contributed by atoms with Crippen molar-refractivity contribution in [2.75, 3.05) is 32.7 Å². The van der Waals surface area contributed by atoms with Crippen LogP contribution < -0.4 is 4.84 Å².